The Hall–Kier alpha value is -2.60. The van der Waals surface area contributed by atoms with E-state index in [1.54, 1.807) is 12.4 Å². The van der Waals surface area contributed by atoms with Crippen LogP contribution in [0.5, 0.6) is 0 Å². The molecule has 5 unspecified atom stereocenters. The highest BCUT2D eigenvalue weighted by Gasteiger charge is 2.31. The molecule has 0 saturated carbocycles. The molecular weight excluding hydrogens is 498 g/mol. The number of imidazole rings is 1. The van der Waals surface area contributed by atoms with Crippen molar-refractivity contribution in [2.45, 2.75) is 82.9 Å². The summed E-state index contributed by atoms with van der Waals surface area (Å²) in [5.41, 5.74) is -0.0110. The van der Waals surface area contributed by atoms with Gasteiger partial charge < -0.3 is 30.4 Å². The number of amides is 3. The molecular formula is C25H39N5O6S. The fourth-order valence-corrected chi connectivity index (χ4v) is 5.37. The first kappa shape index (κ1) is 29.0. The second-order valence-corrected chi connectivity index (χ2v) is 10.9. The van der Waals surface area contributed by atoms with Gasteiger partial charge in [-0.2, -0.15) is 0 Å². The minimum Gasteiger partial charge on any atom is -0.466 e. The van der Waals surface area contributed by atoms with Gasteiger partial charge in [0.2, 0.25) is 17.7 Å². The number of esters is 1. The molecule has 0 spiro atoms. The van der Waals surface area contributed by atoms with E-state index >= 15 is 0 Å². The van der Waals surface area contributed by atoms with Gasteiger partial charge in [-0.1, -0.05) is 6.92 Å². The summed E-state index contributed by atoms with van der Waals surface area (Å²) in [6.45, 7) is 4.64. The molecule has 5 atom stereocenters. The molecule has 0 bridgehead atoms. The van der Waals surface area contributed by atoms with Crippen LogP contribution < -0.4 is 16.0 Å². The van der Waals surface area contributed by atoms with Gasteiger partial charge in [0.05, 0.1) is 18.9 Å². The highest BCUT2D eigenvalue weighted by Crippen LogP contribution is 2.26. The van der Waals surface area contributed by atoms with Crippen molar-refractivity contribution in [2.24, 2.45) is 11.8 Å². The van der Waals surface area contributed by atoms with Crippen molar-refractivity contribution in [1.29, 1.82) is 0 Å². The van der Waals surface area contributed by atoms with Crippen LogP contribution in [0.15, 0.2) is 12.4 Å². The van der Waals surface area contributed by atoms with Gasteiger partial charge in [0, 0.05) is 43.8 Å². The molecule has 2 aliphatic heterocycles. The van der Waals surface area contributed by atoms with Gasteiger partial charge in [-0.15, -0.1) is 11.8 Å². The van der Waals surface area contributed by atoms with Crippen LogP contribution in [-0.4, -0.2) is 70.1 Å². The third-order valence-electron chi connectivity index (χ3n) is 6.75. The maximum atomic E-state index is 12.8. The molecule has 1 aromatic heterocycles. The Morgan fingerprint density at radius 1 is 1.24 bits per heavy atom. The number of ether oxygens (including phenoxy) is 2. The molecule has 0 radical (unpaired) electrons. The third-order valence-corrected chi connectivity index (χ3v) is 7.93. The van der Waals surface area contributed by atoms with E-state index in [0.29, 0.717) is 12.4 Å². The smallest absolute Gasteiger partial charge is 0.306 e. The molecule has 1 aromatic rings. The van der Waals surface area contributed by atoms with Crippen LogP contribution in [0, 0.1) is 11.8 Å². The molecule has 12 heteroatoms. The molecule has 0 aliphatic carbocycles. The number of carbonyl (C=O) groups is 4. The molecule has 2 saturated heterocycles. The topological polar surface area (TPSA) is 152 Å². The van der Waals surface area contributed by atoms with Gasteiger partial charge in [-0.3, -0.25) is 19.2 Å². The van der Waals surface area contributed by atoms with E-state index in [4.69, 9.17) is 9.47 Å². The van der Waals surface area contributed by atoms with Crippen molar-refractivity contribution in [3.8, 4) is 0 Å². The highest BCUT2D eigenvalue weighted by molar-refractivity contribution is 8.00. The first-order valence-corrected chi connectivity index (χ1v) is 14.1. The SMILES string of the molecule is CC1CCC(CC(=O)OCCC(NC(=O)CSC2CCCCO2)C(=O)NCc2ncc[nH]2)C(C)C(=O)N1. The summed E-state index contributed by atoms with van der Waals surface area (Å²) in [5.74, 6) is -0.733. The maximum Gasteiger partial charge on any atom is 0.306 e. The summed E-state index contributed by atoms with van der Waals surface area (Å²) in [6.07, 6.45) is 8.09. The van der Waals surface area contributed by atoms with Crippen LogP contribution in [-0.2, 0) is 35.2 Å². The standard InChI is InChI=1S/C25H39N5O6S/c1-16-6-7-18(17(2)24(33)29-16)13-22(32)35-12-8-19(25(34)28-14-20-26-9-10-27-20)30-21(31)15-37-23-5-3-4-11-36-23/h9-10,16-19,23H,3-8,11-15H2,1-2H3,(H,26,27)(H,28,34)(H,29,33)(H,30,31). The average Bonchev–Trinajstić information content (AvgIpc) is 3.38. The molecule has 37 heavy (non-hydrogen) atoms. The normalized spacial score (nSPS) is 24.9. The number of thioether (sulfide) groups is 1. The Kier molecular flexibility index (Phi) is 11.7. The number of rotatable bonds is 12. The van der Waals surface area contributed by atoms with E-state index in [2.05, 4.69) is 25.9 Å². The minimum atomic E-state index is -0.869. The van der Waals surface area contributed by atoms with E-state index < -0.39 is 12.0 Å². The number of hydrogen-bond acceptors (Lipinski definition) is 8. The van der Waals surface area contributed by atoms with Gasteiger partial charge in [-0.05, 0) is 44.9 Å². The third kappa shape index (κ3) is 9.99. The zero-order valence-electron chi connectivity index (χ0n) is 21.6. The quantitative estimate of drug-likeness (QED) is 0.294. The minimum absolute atomic E-state index is 0.0110. The molecule has 3 amide bonds. The first-order chi connectivity index (χ1) is 17.8. The molecule has 206 valence electrons. The molecule has 4 N–H and O–H groups in total. The maximum absolute atomic E-state index is 12.8. The van der Waals surface area contributed by atoms with Gasteiger partial charge in [-0.25, -0.2) is 4.98 Å². The Bertz CT molecular complexity index is 892. The lowest BCUT2D eigenvalue weighted by molar-refractivity contribution is -0.146. The van der Waals surface area contributed by atoms with Crippen LogP contribution in [0.25, 0.3) is 0 Å². The first-order valence-electron chi connectivity index (χ1n) is 13.1. The average molecular weight is 538 g/mol. The van der Waals surface area contributed by atoms with Crippen LogP contribution in [0.4, 0.5) is 0 Å². The zero-order valence-corrected chi connectivity index (χ0v) is 22.4. The van der Waals surface area contributed by atoms with Gasteiger partial charge in [0.1, 0.15) is 17.3 Å². The molecule has 2 aliphatic rings. The van der Waals surface area contributed by atoms with Crippen molar-refractivity contribution in [3.05, 3.63) is 18.2 Å². The fourth-order valence-electron chi connectivity index (χ4n) is 4.42. The monoisotopic (exact) mass is 537 g/mol. The highest BCUT2D eigenvalue weighted by atomic mass is 32.2. The number of nitrogens with zero attached hydrogens (tertiary/aromatic N) is 1. The van der Waals surface area contributed by atoms with Gasteiger partial charge >= 0.3 is 5.97 Å². The zero-order chi connectivity index (χ0) is 26.6. The fraction of sp³-hybridized carbons (Fsp3) is 0.720. The molecule has 2 fully saturated rings. The van der Waals surface area contributed by atoms with E-state index in [1.165, 1.54) is 11.8 Å². The Morgan fingerprint density at radius 3 is 2.81 bits per heavy atom. The van der Waals surface area contributed by atoms with E-state index in [9.17, 15) is 19.2 Å². The number of aromatic nitrogens is 2. The summed E-state index contributed by atoms with van der Waals surface area (Å²) in [5, 5.41) is 8.47. The molecule has 11 nitrogen and oxygen atoms in total. The number of H-pyrrole nitrogens is 1. The molecule has 3 rings (SSSR count). The Morgan fingerprint density at radius 2 is 2.08 bits per heavy atom. The number of hydrogen-bond donors (Lipinski definition) is 4. The van der Waals surface area contributed by atoms with E-state index in [-0.39, 0.29) is 72.8 Å². The number of carbonyl (C=O) groups excluding carboxylic acids is 4. The number of aromatic amines is 1. The van der Waals surface area contributed by atoms with Crippen molar-refractivity contribution in [1.82, 2.24) is 25.9 Å². The lowest BCUT2D eigenvalue weighted by Gasteiger charge is -2.23. The number of nitrogens with one attached hydrogen (secondary N) is 4. The van der Waals surface area contributed by atoms with E-state index in [1.807, 2.05) is 13.8 Å². The predicted molar refractivity (Wildman–Crippen MR) is 138 cm³/mol. The predicted octanol–water partition coefficient (Wildman–Crippen LogP) is 1.64. The van der Waals surface area contributed by atoms with Crippen LogP contribution in [0.1, 0.15) is 64.6 Å². The molecule has 0 aromatic carbocycles. The van der Waals surface area contributed by atoms with Crippen LogP contribution in [0.3, 0.4) is 0 Å². The second kappa shape index (κ2) is 15.0. The van der Waals surface area contributed by atoms with Gasteiger partial charge in [0.25, 0.3) is 0 Å². The van der Waals surface area contributed by atoms with Crippen molar-refractivity contribution in [2.75, 3.05) is 19.0 Å². The summed E-state index contributed by atoms with van der Waals surface area (Å²) in [7, 11) is 0. The molecule has 3 heterocycles. The summed E-state index contributed by atoms with van der Waals surface area (Å²) in [6, 6.07) is -0.783. The summed E-state index contributed by atoms with van der Waals surface area (Å²) < 4.78 is 11.1. The second-order valence-electron chi connectivity index (χ2n) is 9.73. The summed E-state index contributed by atoms with van der Waals surface area (Å²) >= 11 is 1.42. The van der Waals surface area contributed by atoms with Crippen molar-refractivity contribution >= 4 is 35.5 Å². The van der Waals surface area contributed by atoms with Crippen molar-refractivity contribution < 1.29 is 28.7 Å². The van der Waals surface area contributed by atoms with Crippen LogP contribution >= 0.6 is 11.8 Å². The van der Waals surface area contributed by atoms with E-state index in [0.717, 1.165) is 32.1 Å². The van der Waals surface area contributed by atoms with Crippen molar-refractivity contribution in [3.63, 3.8) is 0 Å². The van der Waals surface area contributed by atoms with Crippen LogP contribution in [0.2, 0.25) is 0 Å². The summed E-state index contributed by atoms with van der Waals surface area (Å²) in [4.78, 5) is 57.2. The Labute approximate surface area is 222 Å². The lowest BCUT2D eigenvalue weighted by Crippen LogP contribution is -2.48. The lowest BCUT2D eigenvalue weighted by atomic mass is 9.87. The van der Waals surface area contributed by atoms with Gasteiger partial charge in [0.15, 0.2) is 0 Å². The Balaban J connectivity index is 1.48. The largest absolute Gasteiger partial charge is 0.466 e.